The predicted molar refractivity (Wildman–Crippen MR) is 80.5 cm³/mol. The second-order valence-electron chi connectivity index (χ2n) is 4.11. The maximum absolute atomic E-state index is 12.9. The van der Waals surface area contributed by atoms with Crippen LogP contribution in [-0.4, -0.2) is 41.2 Å². The van der Waals surface area contributed by atoms with Crippen molar-refractivity contribution in [2.75, 3.05) is 12.4 Å². The fraction of sp³-hybridized carbons (Fsp3) is 0.333. The standard InChI is InChI=1S/C12H10ClF3INO4/c1-22-10(20)11(21,12(14,15)16)8(13)9(19)18-7-4-2-6(17)3-5-7/h2-5,8,21H,1H3,(H,18,19)/t8-,11+/m1/s1. The molecule has 1 aromatic rings. The first kappa shape index (κ1) is 19.0. The number of esters is 1. The highest BCUT2D eigenvalue weighted by Crippen LogP contribution is 2.37. The number of aliphatic hydroxyl groups is 1. The molecule has 22 heavy (non-hydrogen) atoms. The zero-order valence-electron chi connectivity index (χ0n) is 10.9. The Balaban J connectivity index is 3.04. The number of rotatable bonds is 4. The van der Waals surface area contributed by atoms with Crippen LogP contribution < -0.4 is 5.32 Å². The lowest BCUT2D eigenvalue weighted by molar-refractivity contribution is -0.260. The van der Waals surface area contributed by atoms with Gasteiger partial charge in [-0.3, -0.25) is 4.79 Å². The predicted octanol–water partition coefficient (Wildman–Crippen LogP) is 2.30. The van der Waals surface area contributed by atoms with Crippen LogP contribution in [-0.2, 0) is 14.3 Å². The van der Waals surface area contributed by atoms with Crippen molar-refractivity contribution in [3.8, 4) is 0 Å². The third-order valence-electron chi connectivity index (χ3n) is 2.64. The molecular formula is C12H10ClF3INO4. The summed E-state index contributed by atoms with van der Waals surface area (Å²) in [6, 6.07) is 6.04. The van der Waals surface area contributed by atoms with E-state index in [1.165, 1.54) is 12.1 Å². The van der Waals surface area contributed by atoms with Gasteiger partial charge in [-0.05, 0) is 46.9 Å². The van der Waals surface area contributed by atoms with Gasteiger partial charge in [0.15, 0.2) is 5.38 Å². The van der Waals surface area contributed by atoms with Gasteiger partial charge in [0, 0.05) is 9.26 Å². The number of nitrogens with one attached hydrogen (secondary N) is 1. The summed E-state index contributed by atoms with van der Waals surface area (Å²) in [5.74, 6) is -3.47. The molecule has 2 N–H and O–H groups in total. The summed E-state index contributed by atoms with van der Waals surface area (Å²) in [6.07, 6.45) is -5.49. The highest BCUT2D eigenvalue weighted by atomic mass is 127. The van der Waals surface area contributed by atoms with Crippen molar-refractivity contribution in [2.45, 2.75) is 17.2 Å². The molecule has 0 saturated carbocycles. The molecule has 0 radical (unpaired) electrons. The van der Waals surface area contributed by atoms with Crippen LogP contribution in [0.5, 0.6) is 0 Å². The van der Waals surface area contributed by atoms with Gasteiger partial charge in [-0.25, -0.2) is 4.79 Å². The van der Waals surface area contributed by atoms with Crippen LogP contribution in [0, 0.1) is 3.57 Å². The maximum Gasteiger partial charge on any atom is 0.430 e. The van der Waals surface area contributed by atoms with Gasteiger partial charge in [0.05, 0.1) is 7.11 Å². The summed E-state index contributed by atoms with van der Waals surface area (Å²) >= 11 is 7.39. The lowest BCUT2D eigenvalue weighted by atomic mass is 9.98. The molecule has 0 spiro atoms. The molecule has 10 heteroatoms. The first-order chi connectivity index (χ1) is 10.0. The number of carbonyl (C=O) groups is 2. The number of ether oxygens (including phenoxy) is 1. The zero-order chi connectivity index (χ0) is 17.1. The summed E-state index contributed by atoms with van der Waals surface area (Å²) in [7, 11) is 0.639. The molecule has 1 rings (SSSR count). The molecule has 5 nitrogen and oxygen atoms in total. The van der Waals surface area contributed by atoms with Crippen molar-refractivity contribution in [2.24, 2.45) is 0 Å². The first-order valence-electron chi connectivity index (χ1n) is 5.62. The minimum absolute atomic E-state index is 0.158. The molecule has 0 aliphatic carbocycles. The van der Waals surface area contributed by atoms with Crippen LogP contribution in [0.1, 0.15) is 0 Å². The van der Waals surface area contributed by atoms with E-state index in [4.69, 9.17) is 11.6 Å². The van der Waals surface area contributed by atoms with E-state index in [9.17, 15) is 27.9 Å². The summed E-state index contributed by atoms with van der Waals surface area (Å²) in [4.78, 5) is 23.1. The van der Waals surface area contributed by atoms with E-state index in [2.05, 4.69) is 10.1 Å². The Kier molecular flexibility index (Phi) is 6.04. The van der Waals surface area contributed by atoms with E-state index in [1.807, 2.05) is 22.6 Å². The molecule has 1 amide bonds. The highest BCUT2D eigenvalue weighted by molar-refractivity contribution is 14.1. The highest BCUT2D eigenvalue weighted by Gasteiger charge is 2.67. The van der Waals surface area contributed by atoms with Crippen molar-refractivity contribution >= 4 is 51.8 Å². The number of hydrogen-bond acceptors (Lipinski definition) is 4. The third kappa shape index (κ3) is 3.82. The van der Waals surface area contributed by atoms with Crippen LogP contribution in [0.3, 0.4) is 0 Å². The number of halogens is 5. The van der Waals surface area contributed by atoms with Gasteiger partial charge in [-0.15, -0.1) is 11.6 Å². The largest absolute Gasteiger partial charge is 0.467 e. The van der Waals surface area contributed by atoms with Gasteiger partial charge in [-0.1, -0.05) is 0 Å². The van der Waals surface area contributed by atoms with Crippen LogP contribution in [0.2, 0.25) is 0 Å². The van der Waals surface area contributed by atoms with E-state index in [0.717, 1.165) is 3.57 Å². The Labute approximate surface area is 141 Å². The molecule has 0 saturated heterocycles. The number of hydrogen-bond donors (Lipinski definition) is 2. The molecule has 0 heterocycles. The van der Waals surface area contributed by atoms with Gasteiger partial charge < -0.3 is 15.2 Å². The Morgan fingerprint density at radius 1 is 1.32 bits per heavy atom. The Hall–Kier alpha value is -1.07. The van der Waals surface area contributed by atoms with Gasteiger partial charge in [0.2, 0.25) is 5.91 Å². The lowest BCUT2D eigenvalue weighted by Gasteiger charge is -2.30. The normalized spacial score (nSPS) is 15.6. The first-order valence-corrected chi connectivity index (χ1v) is 7.13. The number of amides is 1. The second kappa shape index (κ2) is 7.01. The number of benzene rings is 1. The number of carbonyl (C=O) groups excluding carboxylic acids is 2. The Morgan fingerprint density at radius 2 is 1.82 bits per heavy atom. The van der Waals surface area contributed by atoms with E-state index in [1.54, 1.807) is 12.1 Å². The summed E-state index contributed by atoms with van der Waals surface area (Å²) in [6.45, 7) is 0. The molecule has 1 aromatic carbocycles. The lowest BCUT2D eigenvalue weighted by Crippen LogP contribution is -2.62. The van der Waals surface area contributed by atoms with Crippen molar-refractivity contribution in [1.82, 2.24) is 0 Å². The van der Waals surface area contributed by atoms with Crippen molar-refractivity contribution in [1.29, 1.82) is 0 Å². The van der Waals surface area contributed by atoms with E-state index in [0.29, 0.717) is 7.11 Å². The molecule has 0 bridgehead atoms. The summed E-state index contributed by atoms with van der Waals surface area (Å²) < 4.78 is 43.5. The fourth-order valence-electron chi connectivity index (χ4n) is 1.45. The Bertz CT molecular complexity index is 566. The maximum atomic E-state index is 12.9. The fourth-order valence-corrected chi connectivity index (χ4v) is 2.07. The van der Waals surface area contributed by atoms with E-state index < -0.39 is 29.0 Å². The number of methoxy groups -OCH3 is 1. The molecule has 0 fully saturated rings. The smallest absolute Gasteiger partial charge is 0.430 e. The van der Waals surface area contributed by atoms with Crippen LogP contribution in [0.25, 0.3) is 0 Å². The topological polar surface area (TPSA) is 75.6 Å². The quantitative estimate of drug-likeness (QED) is 0.419. The third-order valence-corrected chi connectivity index (χ3v) is 3.87. The molecular weight excluding hydrogens is 441 g/mol. The summed E-state index contributed by atoms with van der Waals surface area (Å²) in [5.41, 5.74) is -4.00. The van der Waals surface area contributed by atoms with Gasteiger partial charge in [0.25, 0.3) is 5.60 Å². The molecule has 0 unspecified atom stereocenters. The number of anilines is 1. The number of alkyl halides is 4. The van der Waals surface area contributed by atoms with Crippen LogP contribution in [0.4, 0.5) is 18.9 Å². The van der Waals surface area contributed by atoms with Gasteiger partial charge in [0.1, 0.15) is 0 Å². The van der Waals surface area contributed by atoms with Gasteiger partial charge >= 0.3 is 12.1 Å². The summed E-state index contributed by atoms with van der Waals surface area (Å²) in [5, 5.41) is 9.04. The van der Waals surface area contributed by atoms with Crippen molar-refractivity contribution in [3.05, 3.63) is 27.8 Å². The Morgan fingerprint density at radius 3 is 2.23 bits per heavy atom. The molecule has 0 aliphatic rings. The van der Waals surface area contributed by atoms with E-state index in [-0.39, 0.29) is 5.69 Å². The van der Waals surface area contributed by atoms with Crippen molar-refractivity contribution in [3.63, 3.8) is 0 Å². The van der Waals surface area contributed by atoms with Crippen molar-refractivity contribution < 1.29 is 32.6 Å². The minimum Gasteiger partial charge on any atom is -0.467 e. The zero-order valence-corrected chi connectivity index (χ0v) is 13.9. The molecule has 122 valence electrons. The second-order valence-corrected chi connectivity index (χ2v) is 5.80. The SMILES string of the molecule is COC(=O)[C@@](O)([C@H](Cl)C(=O)Nc1ccc(I)cc1)C(F)(F)F. The van der Waals surface area contributed by atoms with Gasteiger partial charge in [-0.2, -0.15) is 13.2 Å². The van der Waals surface area contributed by atoms with Crippen LogP contribution >= 0.6 is 34.2 Å². The average Bonchev–Trinajstić information content (AvgIpc) is 2.45. The molecule has 0 aliphatic heterocycles. The van der Waals surface area contributed by atoms with Crippen LogP contribution in [0.15, 0.2) is 24.3 Å². The molecule has 0 aromatic heterocycles. The molecule has 2 atom stereocenters. The van der Waals surface area contributed by atoms with E-state index >= 15 is 0 Å². The minimum atomic E-state index is -5.49. The monoisotopic (exact) mass is 451 g/mol. The average molecular weight is 452 g/mol.